The maximum Gasteiger partial charge on any atom is 0.170 e. The number of hydrazine groups is 1. The third-order valence-electron chi connectivity index (χ3n) is 2.53. The number of hydrogen-bond donors (Lipinski definition) is 2. The van der Waals surface area contributed by atoms with Crippen LogP contribution in [0.25, 0.3) is 5.65 Å². The second kappa shape index (κ2) is 4.87. The lowest BCUT2D eigenvalue weighted by Gasteiger charge is -2.06. The van der Waals surface area contributed by atoms with Crippen molar-refractivity contribution in [1.29, 1.82) is 0 Å². The van der Waals surface area contributed by atoms with Crippen molar-refractivity contribution in [2.75, 3.05) is 5.43 Å². The largest absolute Gasteiger partial charge is 0.307 e. The van der Waals surface area contributed by atoms with Crippen molar-refractivity contribution in [1.82, 2.24) is 14.4 Å². The summed E-state index contributed by atoms with van der Waals surface area (Å²) in [5.41, 5.74) is 3.14. The molecular formula is C12H10FN5S. The zero-order chi connectivity index (χ0) is 13.2. The van der Waals surface area contributed by atoms with E-state index in [-0.39, 0.29) is 5.82 Å². The standard InChI is InChI=1S/C12H10FN5S/c13-8-3-1-2-4-9(8)19-12-11-15-5-6-18(11)7-10(16-12)17-14/h1-7,17H,14H2. The molecule has 0 bridgehead atoms. The maximum atomic E-state index is 13.7. The summed E-state index contributed by atoms with van der Waals surface area (Å²) in [7, 11) is 0. The molecule has 0 spiro atoms. The molecule has 2 aromatic heterocycles. The van der Waals surface area contributed by atoms with Gasteiger partial charge in [-0.1, -0.05) is 23.9 Å². The molecule has 7 heteroatoms. The van der Waals surface area contributed by atoms with E-state index in [9.17, 15) is 4.39 Å². The molecule has 0 saturated carbocycles. The number of aromatic nitrogens is 3. The van der Waals surface area contributed by atoms with E-state index in [0.717, 1.165) is 0 Å². The van der Waals surface area contributed by atoms with Crippen LogP contribution in [0.3, 0.4) is 0 Å². The van der Waals surface area contributed by atoms with Crippen LogP contribution in [-0.4, -0.2) is 14.4 Å². The van der Waals surface area contributed by atoms with Gasteiger partial charge < -0.3 is 9.83 Å². The van der Waals surface area contributed by atoms with Crippen LogP contribution in [0.15, 0.2) is 52.8 Å². The van der Waals surface area contributed by atoms with Gasteiger partial charge in [-0.25, -0.2) is 20.2 Å². The predicted molar refractivity (Wildman–Crippen MR) is 71.3 cm³/mol. The third-order valence-corrected chi connectivity index (χ3v) is 3.55. The third kappa shape index (κ3) is 2.25. The lowest BCUT2D eigenvalue weighted by Crippen LogP contribution is -2.10. The number of nitrogens with two attached hydrogens (primary N) is 1. The molecule has 0 aliphatic rings. The highest BCUT2D eigenvalue weighted by Crippen LogP contribution is 2.31. The van der Waals surface area contributed by atoms with Crippen LogP contribution in [0.2, 0.25) is 0 Å². The van der Waals surface area contributed by atoms with Crippen LogP contribution in [0, 0.1) is 5.82 Å². The highest BCUT2D eigenvalue weighted by molar-refractivity contribution is 7.99. The Morgan fingerprint density at radius 3 is 2.95 bits per heavy atom. The number of halogens is 1. The summed E-state index contributed by atoms with van der Waals surface area (Å²) in [6.45, 7) is 0. The van der Waals surface area contributed by atoms with Crippen molar-refractivity contribution in [3.63, 3.8) is 0 Å². The van der Waals surface area contributed by atoms with E-state index in [4.69, 9.17) is 5.84 Å². The Balaban J connectivity index is 2.09. The number of nitrogens with zero attached hydrogens (tertiary/aromatic N) is 3. The Labute approximate surface area is 112 Å². The summed E-state index contributed by atoms with van der Waals surface area (Å²) in [6.07, 6.45) is 5.15. The fourth-order valence-corrected chi connectivity index (χ4v) is 2.59. The molecule has 3 N–H and O–H groups in total. The molecule has 5 nitrogen and oxygen atoms in total. The van der Waals surface area contributed by atoms with E-state index in [2.05, 4.69) is 15.4 Å². The van der Waals surface area contributed by atoms with Gasteiger partial charge in [0.25, 0.3) is 0 Å². The lowest BCUT2D eigenvalue weighted by atomic mass is 10.3. The van der Waals surface area contributed by atoms with E-state index in [1.54, 1.807) is 41.2 Å². The van der Waals surface area contributed by atoms with Crippen LogP contribution in [0.5, 0.6) is 0 Å². The SMILES string of the molecule is NNc1cn2ccnc2c(Sc2ccccc2F)n1. The number of benzene rings is 1. The molecule has 0 fully saturated rings. The van der Waals surface area contributed by atoms with Gasteiger partial charge in [0.15, 0.2) is 11.5 Å². The first kappa shape index (κ1) is 11.9. The van der Waals surface area contributed by atoms with Crippen molar-refractivity contribution in [2.24, 2.45) is 5.84 Å². The molecule has 19 heavy (non-hydrogen) atoms. The molecule has 0 aliphatic heterocycles. The molecule has 0 aliphatic carbocycles. The molecular weight excluding hydrogens is 265 g/mol. The zero-order valence-electron chi connectivity index (χ0n) is 9.75. The molecule has 0 amide bonds. The number of nitrogen functional groups attached to an aromatic ring is 1. The van der Waals surface area contributed by atoms with Gasteiger partial charge in [0.05, 0.1) is 6.20 Å². The lowest BCUT2D eigenvalue weighted by molar-refractivity contribution is 0.602. The normalized spacial score (nSPS) is 10.8. The molecule has 0 saturated heterocycles. The number of nitrogens with one attached hydrogen (secondary N) is 1. The van der Waals surface area contributed by atoms with E-state index in [1.807, 2.05) is 0 Å². The molecule has 96 valence electrons. The van der Waals surface area contributed by atoms with Crippen LogP contribution in [0.1, 0.15) is 0 Å². The molecule has 3 aromatic rings. The molecule has 0 radical (unpaired) electrons. The summed E-state index contributed by atoms with van der Waals surface area (Å²) < 4.78 is 15.5. The smallest absolute Gasteiger partial charge is 0.170 e. The second-order valence-electron chi connectivity index (χ2n) is 3.77. The minimum absolute atomic E-state index is 0.287. The van der Waals surface area contributed by atoms with Gasteiger partial charge in [0.2, 0.25) is 0 Å². The number of hydrogen-bond acceptors (Lipinski definition) is 5. The quantitative estimate of drug-likeness (QED) is 0.567. The van der Waals surface area contributed by atoms with E-state index in [0.29, 0.717) is 21.4 Å². The van der Waals surface area contributed by atoms with Gasteiger partial charge in [-0.2, -0.15) is 0 Å². The Bertz CT molecular complexity index is 727. The summed E-state index contributed by atoms with van der Waals surface area (Å²) in [4.78, 5) is 9.01. The van der Waals surface area contributed by atoms with Crippen molar-refractivity contribution in [2.45, 2.75) is 9.92 Å². The Kier molecular flexibility index (Phi) is 3.06. The van der Waals surface area contributed by atoms with E-state index >= 15 is 0 Å². The first-order valence-corrected chi connectivity index (χ1v) is 6.32. The molecule has 3 rings (SSSR count). The monoisotopic (exact) mass is 275 g/mol. The van der Waals surface area contributed by atoms with Gasteiger partial charge in [-0.15, -0.1) is 0 Å². The molecule has 0 atom stereocenters. The first-order valence-electron chi connectivity index (χ1n) is 5.50. The topological polar surface area (TPSA) is 68.2 Å². The van der Waals surface area contributed by atoms with E-state index in [1.165, 1.54) is 17.8 Å². The summed E-state index contributed by atoms with van der Waals surface area (Å²) >= 11 is 1.21. The highest BCUT2D eigenvalue weighted by atomic mass is 32.2. The Morgan fingerprint density at radius 2 is 2.16 bits per heavy atom. The summed E-state index contributed by atoms with van der Waals surface area (Å²) in [5.74, 6) is 5.58. The zero-order valence-corrected chi connectivity index (χ0v) is 10.6. The van der Waals surface area contributed by atoms with Crippen molar-refractivity contribution < 1.29 is 4.39 Å². The number of imidazole rings is 1. The van der Waals surface area contributed by atoms with E-state index < -0.39 is 0 Å². The fraction of sp³-hybridized carbons (Fsp3) is 0. The second-order valence-corrected chi connectivity index (χ2v) is 4.80. The summed E-state index contributed by atoms with van der Waals surface area (Å²) in [5, 5.41) is 0.588. The minimum Gasteiger partial charge on any atom is -0.307 e. The van der Waals surface area contributed by atoms with Crippen molar-refractivity contribution in [3.8, 4) is 0 Å². The van der Waals surface area contributed by atoms with Gasteiger partial charge in [0.1, 0.15) is 10.8 Å². The summed E-state index contributed by atoms with van der Waals surface area (Å²) in [6, 6.07) is 6.54. The van der Waals surface area contributed by atoms with Crippen LogP contribution >= 0.6 is 11.8 Å². The Morgan fingerprint density at radius 1 is 1.32 bits per heavy atom. The average Bonchev–Trinajstić information content (AvgIpc) is 2.89. The Hall–Kier alpha value is -2.12. The van der Waals surface area contributed by atoms with Gasteiger partial charge in [-0.3, -0.25) is 0 Å². The maximum absolute atomic E-state index is 13.7. The highest BCUT2D eigenvalue weighted by Gasteiger charge is 2.11. The molecule has 1 aromatic carbocycles. The van der Waals surface area contributed by atoms with Crippen LogP contribution in [-0.2, 0) is 0 Å². The number of anilines is 1. The van der Waals surface area contributed by atoms with Crippen molar-refractivity contribution in [3.05, 3.63) is 48.7 Å². The van der Waals surface area contributed by atoms with Crippen LogP contribution in [0.4, 0.5) is 10.2 Å². The average molecular weight is 275 g/mol. The van der Waals surface area contributed by atoms with Gasteiger partial charge in [-0.05, 0) is 12.1 Å². The fourth-order valence-electron chi connectivity index (χ4n) is 1.67. The van der Waals surface area contributed by atoms with Gasteiger partial charge >= 0.3 is 0 Å². The van der Waals surface area contributed by atoms with Gasteiger partial charge in [0, 0.05) is 17.3 Å². The predicted octanol–water partition coefficient (Wildman–Crippen LogP) is 2.31. The minimum atomic E-state index is -0.287. The first-order chi connectivity index (χ1) is 9.28. The van der Waals surface area contributed by atoms with Crippen molar-refractivity contribution >= 4 is 23.2 Å². The molecule has 0 unspecified atom stereocenters. The molecule has 2 heterocycles. The van der Waals surface area contributed by atoms with Crippen LogP contribution < -0.4 is 11.3 Å². The number of fused-ring (bicyclic) bond motifs is 1. The number of rotatable bonds is 3.